The smallest absolute Gasteiger partial charge is 0.410 e. The van der Waals surface area contributed by atoms with E-state index in [-0.39, 0.29) is 48.0 Å². The molecule has 3 aliphatic rings. The zero-order valence-corrected chi connectivity index (χ0v) is 32.2. The van der Waals surface area contributed by atoms with Gasteiger partial charge in [-0.25, -0.2) is 22.0 Å². The Bertz CT molecular complexity index is 2000. The molecule has 3 aromatic carbocycles. The fraction of sp³-hybridized carbons (Fsp3) is 0.500. The Balaban J connectivity index is 1.31. The number of halogens is 2. The second-order valence-corrected chi connectivity index (χ2v) is 17.7. The van der Waals surface area contributed by atoms with E-state index < -0.39 is 62.7 Å². The van der Waals surface area contributed by atoms with E-state index >= 15 is 4.39 Å². The van der Waals surface area contributed by atoms with Crippen LogP contribution in [0.4, 0.5) is 19.3 Å². The van der Waals surface area contributed by atoms with E-state index in [1.165, 1.54) is 40.7 Å². The summed E-state index contributed by atoms with van der Waals surface area (Å²) >= 11 is 0. The summed E-state index contributed by atoms with van der Waals surface area (Å²) in [6.45, 7) is 6.73. The van der Waals surface area contributed by atoms with Crippen LogP contribution in [0.2, 0.25) is 0 Å². The van der Waals surface area contributed by atoms with Crippen molar-refractivity contribution in [3.8, 4) is 0 Å². The summed E-state index contributed by atoms with van der Waals surface area (Å²) in [4.78, 5) is 32.4. The number of azide groups is 1. The number of nitrogens with one attached hydrogen (secondary N) is 1. The average molecular weight is 779 g/mol. The van der Waals surface area contributed by atoms with Crippen molar-refractivity contribution in [2.24, 2.45) is 16.4 Å². The fourth-order valence-corrected chi connectivity index (χ4v) is 9.57. The number of hydrogen-bond donors (Lipinski definition) is 1. The van der Waals surface area contributed by atoms with E-state index in [0.29, 0.717) is 38.2 Å². The molecule has 1 spiro atoms. The van der Waals surface area contributed by atoms with Crippen molar-refractivity contribution in [2.45, 2.75) is 87.8 Å². The molecule has 3 atom stereocenters. The third-order valence-corrected chi connectivity index (χ3v) is 12.6. The van der Waals surface area contributed by atoms with Gasteiger partial charge in [-0.1, -0.05) is 41.5 Å². The maximum Gasteiger partial charge on any atom is 0.410 e. The first kappa shape index (κ1) is 40.1. The van der Waals surface area contributed by atoms with Crippen molar-refractivity contribution < 1.29 is 36.3 Å². The van der Waals surface area contributed by atoms with Gasteiger partial charge >= 0.3 is 6.09 Å². The number of carbonyl (C=O) groups is 2. The third-order valence-electron chi connectivity index (χ3n) is 10.7. The van der Waals surface area contributed by atoms with Crippen LogP contribution < -0.4 is 5.32 Å². The molecule has 2 heterocycles. The molecule has 2 saturated heterocycles. The van der Waals surface area contributed by atoms with Crippen molar-refractivity contribution in [1.29, 1.82) is 0 Å². The summed E-state index contributed by atoms with van der Waals surface area (Å²) in [5.74, 6) is -2.47. The van der Waals surface area contributed by atoms with Crippen molar-refractivity contribution in [3.05, 3.63) is 106 Å². The molecule has 6 rings (SSSR count). The number of ether oxygens (including phenoxy) is 2. The van der Waals surface area contributed by atoms with Crippen LogP contribution in [0.1, 0.15) is 69.9 Å². The maximum absolute atomic E-state index is 15.9. The largest absolute Gasteiger partial charge is 0.444 e. The van der Waals surface area contributed by atoms with E-state index in [1.807, 2.05) is 0 Å². The van der Waals surface area contributed by atoms with Gasteiger partial charge in [0, 0.05) is 66.4 Å². The van der Waals surface area contributed by atoms with Crippen LogP contribution in [0.15, 0.2) is 82.8 Å². The number of rotatable bonds is 11. The van der Waals surface area contributed by atoms with Crippen molar-refractivity contribution in [3.63, 3.8) is 0 Å². The van der Waals surface area contributed by atoms with Gasteiger partial charge in [0.05, 0.1) is 4.90 Å². The third kappa shape index (κ3) is 9.64. The molecular formula is C40H48F2N6O6S. The van der Waals surface area contributed by atoms with E-state index in [4.69, 9.17) is 9.47 Å². The number of anilines is 1. The molecule has 1 saturated carbocycles. The molecule has 0 aromatic heterocycles. The Morgan fingerprint density at radius 3 is 2.35 bits per heavy atom. The minimum Gasteiger partial charge on any atom is -0.444 e. The maximum atomic E-state index is 15.9. The average Bonchev–Trinajstić information content (AvgIpc) is 3.95. The lowest BCUT2D eigenvalue weighted by Crippen LogP contribution is -2.46. The molecule has 55 heavy (non-hydrogen) atoms. The van der Waals surface area contributed by atoms with Crippen LogP contribution in [-0.2, 0) is 30.7 Å². The predicted molar refractivity (Wildman–Crippen MR) is 203 cm³/mol. The Morgan fingerprint density at radius 1 is 1.02 bits per heavy atom. The number of carbonyl (C=O) groups excluding carboxylic acids is 2. The highest BCUT2D eigenvalue weighted by Crippen LogP contribution is 2.50. The second-order valence-electron chi connectivity index (χ2n) is 15.8. The SMILES string of the molecule is CC(C)(C)OC(=O)N1CC(CCc2c(F)cccc2NC(=O)[C@@H](N=[N+]=[N-])[C@@H](c2ccc(F)cc2)C2CCOCC2)N(S(=O)(=O)c2ccccc2)CC2(CC2)C1. The lowest BCUT2D eigenvalue weighted by atomic mass is 9.76. The van der Waals surface area contributed by atoms with Crippen LogP contribution in [0, 0.1) is 23.0 Å². The van der Waals surface area contributed by atoms with Gasteiger partial charge in [0.1, 0.15) is 23.3 Å². The molecule has 1 aliphatic carbocycles. The highest BCUT2D eigenvalue weighted by Gasteiger charge is 2.52. The first-order chi connectivity index (χ1) is 26.2. The van der Waals surface area contributed by atoms with Crippen molar-refractivity contribution in [1.82, 2.24) is 9.21 Å². The topological polar surface area (TPSA) is 154 Å². The summed E-state index contributed by atoms with van der Waals surface area (Å²) < 4.78 is 71.2. The van der Waals surface area contributed by atoms with Gasteiger partial charge in [-0.3, -0.25) is 4.79 Å². The summed E-state index contributed by atoms with van der Waals surface area (Å²) in [6, 6.07) is 16.1. The molecular weight excluding hydrogens is 731 g/mol. The first-order valence-corrected chi connectivity index (χ1v) is 20.1. The Labute approximate surface area is 320 Å². The van der Waals surface area contributed by atoms with E-state index in [9.17, 15) is 27.9 Å². The Hall–Kier alpha value is -4.56. The van der Waals surface area contributed by atoms with Crippen molar-refractivity contribution in [2.75, 3.05) is 38.2 Å². The summed E-state index contributed by atoms with van der Waals surface area (Å²) in [7, 11) is -4.05. The Morgan fingerprint density at radius 2 is 1.71 bits per heavy atom. The zero-order chi connectivity index (χ0) is 39.4. The van der Waals surface area contributed by atoms with E-state index in [1.54, 1.807) is 62.1 Å². The molecule has 0 radical (unpaired) electrons. The summed E-state index contributed by atoms with van der Waals surface area (Å²) in [5.41, 5.74) is 9.30. The highest BCUT2D eigenvalue weighted by atomic mass is 32.2. The minimum atomic E-state index is -4.05. The van der Waals surface area contributed by atoms with E-state index in [0.717, 1.165) is 12.8 Å². The quantitative estimate of drug-likeness (QED) is 0.119. The Kier molecular flexibility index (Phi) is 12.2. The van der Waals surface area contributed by atoms with Gasteiger partial charge in [-0.05, 0) is 113 Å². The van der Waals surface area contributed by atoms with Crippen LogP contribution in [0.25, 0.3) is 10.4 Å². The summed E-state index contributed by atoms with van der Waals surface area (Å²) in [6.07, 6.45) is 2.20. The standard InChI is InChI=1S/C40H48F2N6O6S/c1-39(2,3)54-38(50)47-24-30(48(26-40(25-47)20-21-40)55(51,52)31-8-5-4-6-9-31)16-17-32-33(42)10-7-11-34(32)44-37(49)36(45-46-43)35(28-18-22-53-23-19-28)27-12-14-29(41)15-13-27/h4-15,28,30,35-36H,16-26H2,1-3H3,(H,44,49)/t30?,35-,36-/m0/s1. The molecule has 1 N–H and O–H groups in total. The zero-order valence-electron chi connectivity index (χ0n) is 31.4. The number of nitrogens with zero attached hydrogens (tertiary/aromatic N) is 5. The molecule has 3 fully saturated rings. The monoisotopic (exact) mass is 778 g/mol. The molecule has 3 aromatic rings. The van der Waals surface area contributed by atoms with Crippen LogP contribution >= 0.6 is 0 Å². The van der Waals surface area contributed by atoms with Gasteiger partial charge in [0.15, 0.2) is 0 Å². The molecule has 294 valence electrons. The highest BCUT2D eigenvalue weighted by molar-refractivity contribution is 7.89. The normalized spacial score (nSPS) is 20.2. The lowest BCUT2D eigenvalue weighted by molar-refractivity contribution is -0.118. The molecule has 2 aliphatic heterocycles. The fourth-order valence-electron chi connectivity index (χ4n) is 7.79. The molecule has 12 nitrogen and oxygen atoms in total. The number of amides is 2. The van der Waals surface area contributed by atoms with E-state index in [2.05, 4.69) is 15.3 Å². The van der Waals surface area contributed by atoms with Gasteiger partial charge < -0.3 is 19.7 Å². The van der Waals surface area contributed by atoms with Crippen LogP contribution in [0.3, 0.4) is 0 Å². The van der Waals surface area contributed by atoms with Gasteiger partial charge in [-0.15, -0.1) is 0 Å². The number of sulfonamides is 1. The summed E-state index contributed by atoms with van der Waals surface area (Å²) in [5, 5.41) is 6.74. The number of benzene rings is 3. The van der Waals surface area contributed by atoms with Crippen LogP contribution in [-0.4, -0.2) is 80.2 Å². The van der Waals surface area contributed by atoms with Gasteiger partial charge in [-0.2, -0.15) is 4.31 Å². The predicted octanol–water partition coefficient (Wildman–Crippen LogP) is 7.82. The van der Waals surface area contributed by atoms with Crippen molar-refractivity contribution >= 4 is 27.7 Å². The van der Waals surface area contributed by atoms with Gasteiger partial charge in [0.2, 0.25) is 15.9 Å². The molecule has 1 unspecified atom stereocenters. The molecule has 15 heteroatoms. The number of hydrogen-bond acceptors (Lipinski definition) is 7. The van der Waals surface area contributed by atoms with Crippen LogP contribution in [0.5, 0.6) is 0 Å². The first-order valence-electron chi connectivity index (χ1n) is 18.7. The van der Waals surface area contributed by atoms with Gasteiger partial charge in [0.25, 0.3) is 0 Å². The second kappa shape index (κ2) is 16.7. The molecule has 2 amide bonds. The minimum absolute atomic E-state index is 0.00351. The lowest BCUT2D eigenvalue weighted by Gasteiger charge is -2.34. The molecule has 0 bridgehead atoms.